The summed E-state index contributed by atoms with van der Waals surface area (Å²) < 4.78 is 27.4. The van der Waals surface area contributed by atoms with Crippen LogP contribution in [0.15, 0.2) is 47.4 Å². The molecule has 3 rings (SSSR count). The van der Waals surface area contributed by atoms with Crippen molar-refractivity contribution >= 4 is 21.4 Å². The fourth-order valence-electron chi connectivity index (χ4n) is 3.01. The second-order valence-corrected chi connectivity index (χ2v) is 8.16. The molecule has 1 saturated heterocycles. The number of hydrogen-bond donors (Lipinski definition) is 1. The van der Waals surface area contributed by atoms with Crippen LogP contribution in [-0.4, -0.2) is 26.4 Å². The van der Waals surface area contributed by atoms with Gasteiger partial charge in [0.2, 0.25) is 10.0 Å². The number of anilines is 1. The summed E-state index contributed by atoms with van der Waals surface area (Å²) in [6.45, 7) is 3.81. The number of nitrogens with zero attached hydrogens (tertiary/aromatic N) is 2. The van der Waals surface area contributed by atoms with Crippen molar-refractivity contribution in [2.75, 3.05) is 18.0 Å². The number of hydrogen-bond acceptors (Lipinski definition) is 5. The van der Waals surface area contributed by atoms with Crippen LogP contribution >= 0.6 is 0 Å². The van der Waals surface area contributed by atoms with Crippen molar-refractivity contribution in [1.29, 1.82) is 0 Å². The maximum Gasteiger partial charge on any atom is 0.273 e. The number of nitro groups is 1. The zero-order chi connectivity index (χ0) is 18.7. The summed E-state index contributed by atoms with van der Waals surface area (Å²) >= 11 is 0. The quantitative estimate of drug-likeness (QED) is 0.619. The molecule has 0 aliphatic carbocycles. The summed E-state index contributed by atoms with van der Waals surface area (Å²) in [6.07, 6.45) is 2.40. The van der Waals surface area contributed by atoms with Gasteiger partial charge in [-0.3, -0.25) is 10.1 Å². The Bertz CT molecular complexity index is 905. The highest BCUT2D eigenvalue weighted by Gasteiger charge is 2.19. The number of nitro benzene ring substituents is 1. The van der Waals surface area contributed by atoms with Crippen molar-refractivity contribution in [1.82, 2.24) is 4.72 Å². The number of rotatable bonds is 6. The van der Waals surface area contributed by atoms with Crippen LogP contribution < -0.4 is 9.62 Å². The SMILES string of the molecule is Cc1ccc(S(=O)(=O)NCc2ccc(N3CCCC3)cc2)cc1[N+](=O)[O-]. The van der Waals surface area contributed by atoms with Crippen LogP contribution in [0.1, 0.15) is 24.0 Å². The molecule has 0 saturated carbocycles. The van der Waals surface area contributed by atoms with Crippen molar-refractivity contribution in [3.63, 3.8) is 0 Å². The molecule has 8 heteroatoms. The average molecular weight is 375 g/mol. The van der Waals surface area contributed by atoms with E-state index in [-0.39, 0.29) is 17.1 Å². The molecule has 0 radical (unpaired) electrons. The van der Waals surface area contributed by atoms with E-state index in [9.17, 15) is 18.5 Å². The Hall–Kier alpha value is -2.45. The van der Waals surface area contributed by atoms with Gasteiger partial charge in [0.25, 0.3) is 5.69 Å². The van der Waals surface area contributed by atoms with E-state index >= 15 is 0 Å². The van der Waals surface area contributed by atoms with Gasteiger partial charge in [0.05, 0.1) is 9.82 Å². The molecule has 1 fully saturated rings. The summed E-state index contributed by atoms with van der Waals surface area (Å²) in [6, 6.07) is 11.7. The van der Waals surface area contributed by atoms with Gasteiger partial charge in [-0.2, -0.15) is 0 Å². The lowest BCUT2D eigenvalue weighted by atomic mass is 10.2. The van der Waals surface area contributed by atoms with Gasteiger partial charge < -0.3 is 4.90 Å². The molecule has 0 spiro atoms. The molecule has 26 heavy (non-hydrogen) atoms. The minimum absolute atomic E-state index is 0.108. The zero-order valence-electron chi connectivity index (χ0n) is 14.5. The highest BCUT2D eigenvalue weighted by Crippen LogP contribution is 2.23. The van der Waals surface area contributed by atoms with E-state index in [4.69, 9.17) is 0 Å². The van der Waals surface area contributed by atoms with Gasteiger partial charge in [-0.25, -0.2) is 13.1 Å². The summed E-state index contributed by atoms with van der Waals surface area (Å²) in [5, 5.41) is 11.0. The molecule has 1 heterocycles. The standard InChI is InChI=1S/C18H21N3O4S/c1-14-4-9-17(12-18(14)21(22)23)26(24,25)19-13-15-5-7-16(8-6-15)20-10-2-3-11-20/h4-9,12,19H,2-3,10-11,13H2,1H3. The first-order valence-corrected chi connectivity index (χ1v) is 9.94. The maximum atomic E-state index is 12.4. The average Bonchev–Trinajstić information content (AvgIpc) is 3.15. The molecule has 2 aromatic carbocycles. The van der Waals surface area contributed by atoms with E-state index in [0.717, 1.165) is 30.4 Å². The predicted octanol–water partition coefficient (Wildman–Crippen LogP) is 2.98. The first-order chi connectivity index (χ1) is 12.4. The summed E-state index contributed by atoms with van der Waals surface area (Å²) in [7, 11) is -3.82. The van der Waals surface area contributed by atoms with Gasteiger partial charge in [0.1, 0.15) is 0 Å². The van der Waals surface area contributed by atoms with Crippen molar-refractivity contribution in [2.24, 2.45) is 0 Å². The molecule has 0 bridgehead atoms. The molecule has 0 unspecified atom stereocenters. The molecular formula is C18H21N3O4S. The van der Waals surface area contributed by atoms with Gasteiger partial charge in [-0.05, 0) is 43.5 Å². The Morgan fingerprint density at radius 2 is 1.77 bits per heavy atom. The lowest BCUT2D eigenvalue weighted by Crippen LogP contribution is -2.23. The molecule has 0 aromatic heterocycles. The number of benzene rings is 2. The Kier molecular flexibility index (Phi) is 5.24. The van der Waals surface area contributed by atoms with E-state index in [2.05, 4.69) is 9.62 Å². The highest BCUT2D eigenvalue weighted by molar-refractivity contribution is 7.89. The van der Waals surface area contributed by atoms with Crippen LogP contribution in [0.3, 0.4) is 0 Å². The lowest BCUT2D eigenvalue weighted by Gasteiger charge is -2.17. The molecule has 0 amide bonds. The Labute approximate surface area is 152 Å². The molecular weight excluding hydrogens is 354 g/mol. The van der Waals surface area contributed by atoms with E-state index in [1.165, 1.54) is 25.0 Å². The van der Waals surface area contributed by atoms with E-state index in [1.807, 2.05) is 24.3 Å². The minimum atomic E-state index is -3.82. The third-order valence-corrected chi connectivity index (χ3v) is 5.96. The summed E-state index contributed by atoms with van der Waals surface area (Å²) in [5.41, 5.74) is 2.19. The van der Waals surface area contributed by atoms with E-state index < -0.39 is 14.9 Å². The first kappa shape index (κ1) is 18.3. The predicted molar refractivity (Wildman–Crippen MR) is 99.7 cm³/mol. The third kappa shape index (κ3) is 4.03. The molecule has 2 aromatic rings. The topological polar surface area (TPSA) is 92.6 Å². The maximum absolute atomic E-state index is 12.4. The van der Waals surface area contributed by atoms with Crippen LogP contribution in [0, 0.1) is 17.0 Å². The number of sulfonamides is 1. The smallest absolute Gasteiger partial charge is 0.273 e. The molecule has 1 aliphatic rings. The number of aryl methyl sites for hydroxylation is 1. The van der Waals surface area contributed by atoms with Crippen molar-refractivity contribution in [3.05, 3.63) is 63.7 Å². The first-order valence-electron chi connectivity index (χ1n) is 8.45. The van der Waals surface area contributed by atoms with Crippen LogP contribution in [0.25, 0.3) is 0 Å². The highest BCUT2D eigenvalue weighted by atomic mass is 32.2. The summed E-state index contributed by atoms with van der Waals surface area (Å²) in [4.78, 5) is 12.6. The Morgan fingerprint density at radius 1 is 1.12 bits per heavy atom. The molecule has 1 aliphatic heterocycles. The van der Waals surface area contributed by atoms with Crippen LogP contribution in [0.5, 0.6) is 0 Å². The monoisotopic (exact) mass is 375 g/mol. The fourth-order valence-corrected chi connectivity index (χ4v) is 4.05. The molecule has 7 nitrogen and oxygen atoms in total. The van der Waals surface area contributed by atoms with Crippen LogP contribution in [-0.2, 0) is 16.6 Å². The number of nitrogens with one attached hydrogen (secondary N) is 1. The largest absolute Gasteiger partial charge is 0.372 e. The van der Waals surface area contributed by atoms with Gasteiger partial charge >= 0.3 is 0 Å². The second-order valence-electron chi connectivity index (χ2n) is 6.39. The van der Waals surface area contributed by atoms with Gasteiger partial charge in [-0.15, -0.1) is 0 Å². The van der Waals surface area contributed by atoms with Crippen molar-refractivity contribution in [3.8, 4) is 0 Å². The fraction of sp³-hybridized carbons (Fsp3) is 0.333. The van der Waals surface area contributed by atoms with Crippen LogP contribution in [0.4, 0.5) is 11.4 Å². The lowest BCUT2D eigenvalue weighted by molar-refractivity contribution is -0.385. The molecule has 138 valence electrons. The van der Waals surface area contributed by atoms with Gasteiger partial charge in [0.15, 0.2) is 0 Å². The normalized spacial score (nSPS) is 14.6. The van der Waals surface area contributed by atoms with E-state index in [0.29, 0.717) is 5.56 Å². The Morgan fingerprint density at radius 3 is 2.38 bits per heavy atom. The summed E-state index contributed by atoms with van der Waals surface area (Å²) in [5.74, 6) is 0. The van der Waals surface area contributed by atoms with E-state index in [1.54, 1.807) is 6.92 Å². The third-order valence-electron chi connectivity index (χ3n) is 4.56. The van der Waals surface area contributed by atoms with Crippen molar-refractivity contribution < 1.29 is 13.3 Å². The minimum Gasteiger partial charge on any atom is -0.372 e. The van der Waals surface area contributed by atoms with Crippen LogP contribution in [0.2, 0.25) is 0 Å². The second kappa shape index (κ2) is 7.43. The van der Waals surface area contributed by atoms with Gasteiger partial charge in [-0.1, -0.05) is 18.2 Å². The van der Waals surface area contributed by atoms with Gasteiger partial charge in [0, 0.05) is 37.0 Å². The molecule has 0 atom stereocenters. The zero-order valence-corrected chi connectivity index (χ0v) is 15.3. The van der Waals surface area contributed by atoms with Crippen molar-refractivity contribution in [2.45, 2.75) is 31.2 Å². The molecule has 1 N–H and O–H groups in total. The Balaban J connectivity index is 1.70.